The van der Waals surface area contributed by atoms with E-state index in [0.717, 1.165) is 21.8 Å². The molecule has 6 heteroatoms. The van der Waals surface area contributed by atoms with Crippen LogP contribution in [0.1, 0.15) is 34.3 Å². The van der Waals surface area contributed by atoms with Crippen LogP contribution >= 0.6 is 0 Å². The number of amides is 2. The van der Waals surface area contributed by atoms with E-state index in [4.69, 9.17) is 9.47 Å². The molecule has 0 unspecified atom stereocenters. The fraction of sp³-hybridized carbons (Fsp3) is 0.286. The van der Waals surface area contributed by atoms with Gasteiger partial charge in [0.1, 0.15) is 19.0 Å². The van der Waals surface area contributed by atoms with Crippen molar-refractivity contribution >= 4 is 23.5 Å². The third-order valence-electron chi connectivity index (χ3n) is 4.17. The van der Waals surface area contributed by atoms with E-state index in [1.165, 1.54) is 6.07 Å². The van der Waals surface area contributed by atoms with E-state index in [0.29, 0.717) is 5.69 Å². The van der Waals surface area contributed by atoms with E-state index in [2.05, 4.69) is 6.07 Å². The van der Waals surface area contributed by atoms with Gasteiger partial charge in [-0.25, -0.2) is 4.79 Å². The Bertz CT molecular complexity index is 854. The first-order chi connectivity index (χ1) is 12.9. The Morgan fingerprint density at radius 2 is 1.63 bits per heavy atom. The van der Waals surface area contributed by atoms with Gasteiger partial charge >= 0.3 is 5.97 Å². The molecule has 140 valence electrons. The van der Waals surface area contributed by atoms with E-state index < -0.39 is 5.97 Å². The number of anilines is 1. The average molecular weight is 367 g/mol. The third kappa shape index (κ3) is 4.53. The zero-order valence-corrected chi connectivity index (χ0v) is 15.4. The van der Waals surface area contributed by atoms with Crippen LogP contribution in [0.2, 0.25) is 0 Å². The number of hydrogen-bond donors (Lipinski definition) is 0. The summed E-state index contributed by atoms with van der Waals surface area (Å²) < 4.78 is 10.8. The minimum atomic E-state index is -0.528. The predicted molar refractivity (Wildman–Crippen MR) is 99.9 cm³/mol. The first kappa shape index (κ1) is 18.6. The number of esters is 1. The standard InChI is InChI=1S/C21H21NO5/c1-14-10-15(2)12-18(11-14)26-8-9-27-21(25)16-4-3-5-17(13-16)22-19(23)6-7-20(22)24/h3-5,10-13H,6-9H2,1-2H3. The lowest BCUT2D eigenvalue weighted by Crippen LogP contribution is -2.28. The summed E-state index contributed by atoms with van der Waals surface area (Å²) in [6, 6.07) is 12.2. The topological polar surface area (TPSA) is 72.9 Å². The summed E-state index contributed by atoms with van der Waals surface area (Å²) in [5.74, 6) is -0.309. The summed E-state index contributed by atoms with van der Waals surface area (Å²) in [5, 5.41) is 0. The number of nitrogens with zero attached hydrogens (tertiary/aromatic N) is 1. The zero-order chi connectivity index (χ0) is 19.4. The molecular weight excluding hydrogens is 346 g/mol. The normalized spacial score (nSPS) is 13.8. The summed E-state index contributed by atoms with van der Waals surface area (Å²) >= 11 is 0. The van der Waals surface area contributed by atoms with Gasteiger partial charge in [0.2, 0.25) is 11.8 Å². The molecule has 0 aromatic heterocycles. The summed E-state index contributed by atoms with van der Waals surface area (Å²) in [6.07, 6.45) is 0.395. The van der Waals surface area contributed by atoms with Crippen LogP contribution in [0.25, 0.3) is 0 Å². The van der Waals surface area contributed by atoms with Gasteiger partial charge in [0, 0.05) is 12.8 Å². The molecule has 27 heavy (non-hydrogen) atoms. The number of aryl methyl sites for hydroxylation is 2. The Hall–Kier alpha value is -3.15. The smallest absolute Gasteiger partial charge is 0.338 e. The Labute approximate surface area is 157 Å². The van der Waals surface area contributed by atoms with Crippen LogP contribution in [0.4, 0.5) is 5.69 Å². The Morgan fingerprint density at radius 3 is 2.30 bits per heavy atom. The molecule has 1 saturated heterocycles. The second-order valence-electron chi connectivity index (χ2n) is 6.48. The molecule has 0 radical (unpaired) electrons. The van der Waals surface area contributed by atoms with Crippen molar-refractivity contribution in [2.24, 2.45) is 0 Å². The molecule has 1 aliphatic heterocycles. The van der Waals surface area contributed by atoms with Crippen molar-refractivity contribution in [1.29, 1.82) is 0 Å². The first-order valence-electron chi connectivity index (χ1n) is 8.78. The van der Waals surface area contributed by atoms with Gasteiger partial charge in [-0.15, -0.1) is 0 Å². The van der Waals surface area contributed by atoms with Crippen LogP contribution in [0.15, 0.2) is 42.5 Å². The number of benzene rings is 2. The highest BCUT2D eigenvalue weighted by Crippen LogP contribution is 2.23. The largest absolute Gasteiger partial charge is 0.490 e. The highest BCUT2D eigenvalue weighted by atomic mass is 16.6. The first-order valence-corrected chi connectivity index (χ1v) is 8.78. The maximum absolute atomic E-state index is 12.2. The fourth-order valence-electron chi connectivity index (χ4n) is 3.03. The monoisotopic (exact) mass is 367 g/mol. The molecule has 1 aliphatic rings. The molecule has 1 fully saturated rings. The van der Waals surface area contributed by atoms with Gasteiger partial charge in [-0.1, -0.05) is 12.1 Å². The van der Waals surface area contributed by atoms with Crippen LogP contribution < -0.4 is 9.64 Å². The molecule has 0 spiro atoms. The van der Waals surface area contributed by atoms with Crippen molar-refractivity contribution in [3.05, 3.63) is 59.2 Å². The van der Waals surface area contributed by atoms with Gasteiger partial charge in [0.25, 0.3) is 0 Å². The molecule has 3 rings (SSSR count). The Morgan fingerprint density at radius 1 is 0.963 bits per heavy atom. The van der Waals surface area contributed by atoms with Gasteiger partial charge in [0.15, 0.2) is 0 Å². The van der Waals surface area contributed by atoms with Gasteiger partial charge in [-0.2, -0.15) is 0 Å². The van der Waals surface area contributed by atoms with Gasteiger partial charge in [0.05, 0.1) is 11.3 Å². The fourth-order valence-corrected chi connectivity index (χ4v) is 3.03. The molecule has 0 atom stereocenters. The molecular formula is C21H21NO5. The summed E-state index contributed by atoms with van der Waals surface area (Å²) in [7, 11) is 0. The third-order valence-corrected chi connectivity index (χ3v) is 4.17. The summed E-state index contributed by atoms with van der Waals surface area (Å²) in [4.78, 5) is 37.0. The average Bonchev–Trinajstić information content (AvgIpc) is 2.96. The highest BCUT2D eigenvalue weighted by molar-refractivity contribution is 6.20. The second-order valence-corrected chi connectivity index (χ2v) is 6.48. The molecule has 0 bridgehead atoms. The van der Waals surface area contributed by atoms with Gasteiger partial charge in [-0.3, -0.25) is 14.5 Å². The van der Waals surface area contributed by atoms with E-state index in [9.17, 15) is 14.4 Å². The van der Waals surface area contributed by atoms with Crippen LogP contribution in [0.5, 0.6) is 5.75 Å². The number of imide groups is 1. The number of carbonyl (C=O) groups is 3. The van der Waals surface area contributed by atoms with Crippen LogP contribution in [0.3, 0.4) is 0 Å². The van der Waals surface area contributed by atoms with Gasteiger partial charge < -0.3 is 9.47 Å². The molecule has 0 saturated carbocycles. The number of carbonyl (C=O) groups excluding carboxylic acids is 3. The lowest BCUT2D eigenvalue weighted by atomic mass is 10.1. The summed E-state index contributed by atoms with van der Waals surface area (Å²) in [6.45, 7) is 4.31. The van der Waals surface area contributed by atoms with Crippen molar-refractivity contribution in [2.75, 3.05) is 18.1 Å². The number of rotatable bonds is 6. The Balaban J connectivity index is 1.56. The quantitative estimate of drug-likeness (QED) is 0.445. The SMILES string of the molecule is Cc1cc(C)cc(OCCOC(=O)c2cccc(N3C(=O)CCC3=O)c2)c1. The molecule has 2 aromatic carbocycles. The van der Waals surface area contributed by atoms with Crippen molar-refractivity contribution in [3.8, 4) is 5.75 Å². The van der Waals surface area contributed by atoms with Crippen LogP contribution in [0, 0.1) is 13.8 Å². The number of hydrogen-bond acceptors (Lipinski definition) is 5. The van der Waals surface area contributed by atoms with E-state index >= 15 is 0 Å². The Kier molecular flexibility index (Phi) is 5.54. The second kappa shape index (κ2) is 8.03. The minimum Gasteiger partial charge on any atom is -0.490 e. The maximum atomic E-state index is 12.2. The molecule has 1 heterocycles. The van der Waals surface area contributed by atoms with E-state index in [1.807, 2.05) is 26.0 Å². The lowest BCUT2D eigenvalue weighted by Gasteiger charge is -2.14. The van der Waals surface area contributed by atoms with Crippen molar-refractivity contribution in [3.63, 3.8) is 0 Å². The molecule has 0 aliphatic carbocycles. The van der Waals surface area contributed by atoms with E-state index in [1.54, 1.807) is 18.2 Å². The number of ether oxygens (including phenoxy) is 2. The van der Waals surface area contributed by atoms with Crippen molar-refractivity contribution < 1.29 is 23.9 Å². The van der Waals surface area contributed by atoms with Crippen molar-refractivity contribution in [1.82, 2.24) is 0 Å². The molecule has 6 nitrogen and oxygen atoms in total. The molecule has 2 amide bonds. The maximum Gasteiger partial charge on any atom is 0.338 e. The molecule has 2 aromatic rings. The van der Waals surface area contributed by atoms with Crippen LogP contribution in [-0.2, 0) is 14.3 Å². The highest BCUT2D eigenvalue weighted by Gasteiger charge is 2.30. The summed E-state index contributed by atoms with van der Waals surface area (Å²) in [5.41, 5.74) is 2.88. The van der Waals surface area contributed by atoms with Crippen molar-refractivity contribution in [2.45, 2.75) is 26.7 Å². The zero-order valence-electron chi connectivity index (χ0n) is 15.4. The van der Waals surface area contributed by atoms with Crippen LogP contribution in [-0.4, -0.2) is 31.0 Å². The van der Waals surface area contributed by atoms with E-state index in [-0.39, 0.29) is 43.4 Å². The lowest BCUT2D eigenvalue weighted by molar-refractivity contribution is -0.121. The van der Waals surface area contributed by atoms with Gasteiger partial charge in [-0.05, 0) is 55.3 Å². The minimum absolute atomic E-state index is 0.0949. The molecule has 0 N–H and O–H groups in total. The predicted octanol–water partition coefficient (Wildman–Crippen LogP) is 3.19.